The molecule has 1 aromatic heterocycles. The molecular weight excluding hydrogens is 328 g/mol. The van der Waals surface area contributed by atoms with Gasteiger partial charge in [0.1, 0.15) is 18.1 Å². The molecule has 0 spiro atoms. The molecule has 1 saturated heterocycles. The quantitative estimate of drug-likeness (QED) is 0.781. The molecule has 2 aliphatic rings. The Kier molecular flexibility index (Phi) is 3.79. The van der Waals surface area contributed by atoms with E-state index in [2.05, 4.69) is 5.16 Å². The maximum Gasteiger partial charge on any atom is 0.311 e. The predicted octanol–water partition coefficient (Wildman–Crippen LogP) is 1.81. The molecular formula is C17H16N2O6. The Balaban J connectivity index is 1.40. The number of carbonyl (C=O) groups excluding carboxylic acids is 2. The van der Waals surface area contributed by atoms with Gasteiger partial charge < -0.3 is 23.6 Å². The van der Waals surface area contributed by atoms with E-state index in [-0.39, 0.29) is 32.3 Å². The fourth-order valence-electron chi connectivity index (χ4n) is 2.92. The smallest absolute Gasteiger partial charge is 0.311 e. The lowest BCUT2D eigenvalue weighted by molar-refractivity contribution is -0.149. The first-order valence-electron chi connectivity index (χ1n) is 7.89. The van der Waals surface area contributed by atoms with Crippen LogP contribution >= 0.6 is 0 Å². The average Bonchev–Trinajstić information content (AvgIpc) is 3.31. The fourth-order valence-corrected chi connectivity index (χ4v) is 2.92. The summed E-state index contributed by atoms with van der Waals surface area (Å²) in [6.45, 7) is 2.24. The molecule has 0 aliphatic carbocycles. The number of ether oxygens (including phenoxy) is 3. The third kappa shape index (κ3) is 3.02. The minimum atomic E-state index is -0.508. The van der Waals surface area contributed by atoms with E-state index in [0.717, 1.165) is 0 Å². The van der Waals surface area contributed by atoms with Gasteiger partial charge in [0, 0.05) is 30.8 Å². The van der Waals surface area contributed by atoms with Crippen molar-refractivity contribution in [1.29, 1.82) is 0 Å². The molecule has 1 fully saturated rings. The third-order valence-corrected chi connectivity index (χ3v) is 4.17. The van der Waals surface area contributed by atoms with Gasteiger partial charge in [0.15, 0.2) is 11.5 Å². The highest BCUT2D eigenvalue weighted by Crippen LogP contribution is 2.37. The molecule has 0 bridgehead atoms. The molecule has 0 unspecified atom stereocenters. The summed E-state index contributed by atoms with van der Waals surface area (Å²) in [4.78, 5) is 26.1. The Bertz CT molecular complexity index is 830. The zero-order valence-electron chi connectivity index (χ0n) is 13.6. The minimum Gasteiger partial charge on any atom is -0.459 e. The van der Waals surface area contributed by atoms with Gasteiger partial charge in [-0.15, -0.1) is 0 Å². The first-order chi connectivity index (χ1) is 12.1. The number of fused-ring (bicyclic) bond motifs is 1. The third-order valence-electron chi connectivity index (χ3n) is 4.17. The number of carbonyl (C=O) groups is 2. The van der Waals surface area contributed by atoms with Crippen molar-refractivity contribution < 1.29 is 28.3 Å². The van der Waals surface area contributed by atoms with Gasteiger partial charge in [0.05, 0.1) is 5.92 Å². The Morgan fingerprint density at radius 3 is 2.96 bits per heavy atom. The highest BCUT2D eigenvalue weighted by molar-refractivity contribution is 5.99. The number of rotatable bonds is 4. The van der Waals surface area contributed by atoms with Crippen LogP contribution in [-0.2, 0) is 20.9 Å². The van der Waals surface area contributed by atoms with E-state index in [1.165, 1.54) is 0 Å². The molecule has 1 aromatic carbocycles. The minimum absolute atomic E-state index is 0.0326. The summed E-state index contributed by atoms with van der Waals surface area (Å²) in [5, 5.41) is 3.77. The normalized spacial score (nSPS) is 18.7. The van der Waals surface area contributed by atoms with Gasteiger partial charge in [-0.25, -0.2) is 0 Å². The number of hydrogen-bond acceptors (Lipinski definition) is 7. The first kappa shape index (κ1) is 15.5. The predicted molar refractivity (Wildman–Crippen MR) is 84.1 cm³/mol. The van der Waals surface area contributed by atoms with Crippen LogP contribution in [0.15, 0.2) is 28.8 Å². The number of aryl methyl sites for hydroxylation is 1. The molecule has 4 rings (SSSR count). The second-order valence-electron chi connectivity index (χ2n) is 5.98. The molecule has 0 saturated carbocycles. The van der Waals surface area contributed by atoms with Crippen molar-refractivity contribution in [2.75, 3.05) is 18.2 Å². The van der Waals surface area contributed by atoms with Crippen LogP contribution in [0.25, 0.3) is 0 Å². The maximum absolute atomic E-state index is 12.3. The number of amides is 1. The van der Waals surface area contributed by atoms with Gasteiger partial charge >= 0.3 is 5.97 Å². The lowest BCUT2D eigenvalue weighted by Gasteiger charge is -2.16. The van der Waals surface area contributed by atoms with Crippen LogP contribution in [0.4, 0.5) is 5.69 Å². The van der Waals surface area contributed by atoms with Gasteiger partial charge in [-0.2, -0.15) is 0 Å². The van der Waals surface area contributed by atoms with Gasteiger partial charge in [-0.1, -0.05) is 5.16 Å². The van der Waals surface area contributed by atoms with E-state index in [1.807, 2.05) is 0 Å². The first-order valence-corrected chi connectivity index (χ1v) is 7.89. The summed E-state index contributed by atoms with van der Waals surface area (Å²) < 4.78 is 20.8. The van der Waals surface area contributed by atoms with E-state index in [9.17, 15) is 9.59 Å². The van der Waals surface area contributed by atoms with Crippen LogP contribution in [0.1, 0.15) is 17.9 Å². The molecule has 8 heteroatoms. The number of benzene rings is 1. The Hall–Kier alpha value is -3.03. The zero-order chi connectivity index (χ0) is 17.4. The second kappa shape index (κ2) is 6.12. The standard InChI is InChI=1S/C17H16N2O6/c1-10-4-12(18-25-10)8-22-17(21)11-5-16(20)19(7-11)13-2-3-14-15(6-13)24-9-23-14/h2-4,6,11H,5,7-9H2,1H3/t11-/m0/s1. The van der Waals surface area contributed by atoms with Crippen molar-refractivity contribution >= 4 is 17.6 Å². The molecule has 1 atom stereocenters. The van der Waals surface area contributed by atoms with Crippen molar-refractivity contribution in [3.05, 3.63) is 35.7 Å². The number of aromatic nitrogens is 1. The van der Waals surface area contributed by atoms with Crippen molar-refractivity contribution in [1.82, 2.24) is 5.16 Å². The molecule has 2 aliphatic heterocycles. The molecule has 2 aromatic rings. The van der Waals surface area contributed by atoms with Gasteiger partial charge in [-0.3, -0.25) is 9.59 Å². The summed E-state index contributed by atoms with van der Waals surface area (Å²) in [6, 6.07) is 6.97. The van der Waals surface area contributed by atoms with Crippen molar-refractivity contribution in [3.8, 4) is 11.5 Å². The van der Waals surface area contributed by atoms with Crippen LogP contribution in [0.2, 0.25) is 0 Å². The number of anilines is 1. The van der Waals surface area contributed by atoms with Crippen LogP contribution in [0, 0.1) is 12.8 Å². The summed E-state index contributed by atoms with van der Waals surface area (Å²) >= 11 is 0. The summed E-state index contributed by atoms with van der Waals surface area (Å²) in [5.74, 6) is 0.837. The summed E-state index contributed by atoms with van der Waals surface area (Å²) in [5.41, 5.74) is 1.22. The zero-order valence-corrected chi connectivity index (χ0v) is 13.6. The molecule has 8 nitrogen and oxygen atoms in total. The average molecular weight is 344 g/mol. The van der Waals surface area contributed by atoms with Crippen molar-refractivity contribution in [2.45, 2.75) is 20.0 Å². The van der Waals surface area contributed by atoms with Crippen LogP contribution < -0.4 is 14.4 Å². The SMILES string of the molecule is Cc1cc(COC(=O)[C@H]2CC(=O)N(c3ccc4c(c3)OCO4)C2)no1. The van der Waals surface area contributed by atoms with E-state index < -0.39 is 11.9 Å². The molecule has 1 amide bonds. The Labute approximate surface area is 143 Å². The van der Waals surface area contributed by atoms with Gasteiger partial charge in [0.25, 0.3) is 0 Å². The Morgan fingerprint density at radius 2 is 2.16 bits per heavy atom. The lowest BCUT2D eigenvalue weighted by Crippen LogP contribution is -2.26. The lowest BCUT2D eigenvalue weighted by atomic mass is 10.1. The van der Waals surface area contributed by atoms with E-state index in [0.29, 0.717) is 28.6 Å². The van der Waals surface area contributed by atoms with Gasteiger partial charge in [0.2, 0.25) is 12.7 Å². The monoisotopic (exact) mass is 344 g/mol. The van der Waals surface area contributed by atoms with Crippen LogP contribution in [0.3, 0.4) is 0 Å². The number of esters is 1. The fraction of sp³-hybridized carbons (Fsp3) is 0.353. The van der Waals surface area contributed by atoms with E-state index >= 15 is 0 Å². The highest BCUT2D eigenvalue weighted by Gasteiger charge is 2.36. The van der Waals surface area contributed by atoms with Crippen LogP contribution in [-0.4, -0.2) is 30.4 Å². The maximum atomic E-state index is 12.3. The molecule has 3 heterocycles. The van der Waals surface area contributed by atoms with E-state index in [1.54, 1.807) is 36.1 Å². The highest BCUT2D eigenvalue weighted by atomic mass is 16.7. The number of hydrogen-bond donors (Lipinski definition) is 0. The van der Waals surface area contributed by atoms with Crippen LogP contribution in [0.5, 0.6) is 11.5 Å². The molecule has 130 valence electrons. The number of nitrogens with zero attached hydrogens (tertiary/aromatic N) is 2. The largest absolute Gasteiger partial charge is 0.459 e. The summed E-state index contributed by atoms with van der Waals surface area (Å²) in [7, 11) is 0. The second-order valence-corrected chi connectivity index (χ2v) is 5.98. The Morgan fingerprint density at radius 1 is 1.32 bits per heavy atom. The molecule has 0 radical (unpaired) electrons. The van der Waals surface area contributed by atoms with Gasteiger partial charge in [-0.05, 0) is 19.1 Å². The summed E-state index contributed by atoms with van der Waals surface area (Å²) in [6.07, 6.45) is 0.116. The van der Waals surface area contributed by atoms with E-state index in [4.69, 9.17) is 18.7 Å². The topological polar surface area (TPSA) is 91.1 Å². The van der Waals surface area contributed by atoms with Crippen molar-refractivity contribution in [2.24, 2.45) is 5.92 Å². The molecule has 25 heavy (non-hydrogen) atoms. The van der Waals surface area contributed by atoms with Crippen molar-refractivity contribution in [3.63, 3.8) is 0 Å². The molecule has 0 N–H and O–H groups in total.